The lowest BCUT2D eigenvalue weighted by Crippen LogP contribution is -1.89. The lowest BCUT2D eigenvalue weighted by atomic mass is 10.2. The highest BCUT2D eigenvalue weighted by Gasteiger charge is 2.04. The molecule has 0 atom stereocenters. The fourth-order valence-corrected chi connectivity index (χ4v) is 1.90. The second-order valence-corrected chi connectivity index (χ2v) is 3.54. The van der Waals surface area contributed by atoms with Crippen molar-refractivity contribution in [2.75, 3.05) is 5.73 Å². The standard InChI is InChI=1S/C7H4ClIN2/c8-6-1-4(11)2-7(9)5(6)3-10/h1-2H,11H2. The summed E-state index contributed by atoms with van der Waals surface area (Å²) in [6.07, 6.45) is 0. The molecular formula is C7H4ClIN2. The Hall–Kier alpha value is -0.470. The molecule has 0 radical (unpaired) electrons. The minimum absolute atomic E-state index is 0.414. The monoisotopic (exact) mass is 278 g/mol. The number of nitrogens with two attached hydrogens (primary N) is 1. The lowest BCUT2D eigenvalue weighted by molar-refractivity contribution is 1.46. The molecule has 0 aliphatic rings. The third kappa shape index (κ3) is 1.76. The van der Waals surface area contributed by atoms with Gasteiger partial charge in [-0.25, -0.2) is 0 Å². The summed E-state index contributed by atoms with van der Waals surface area (Å²) < 4.78 is 0.787. The van der Waals surface area contributed by atoms with E-state index in [0.29, 0.717) is 16.3 Å². The number of hydrogen-bond acceptors (Lipinski definition) is 2. The Kier molecular flexibility index (Phi) is 2.58. The number of nitrogens with zero attached hydrogens (tertiary/aromatic N) is 1. The first kappa shape index (κ1) is 8.62. The third-order valence-electron chi connectivity index (χ3n) is 1.18. The zero-order chi connectivity index (χ0) is 8.43. The van der Waals surface area contributed by atoms with Crippen LogP contribution in [0.1, 0.15) is 5.56 Å². The van der Waals surface area contributed by atoms with Gasteiger partial charge in [-0.2, -0.15) is 5.26 Å². The summed E-state index contributed by atoms with van der Waals surface area (Å²) in [6, 6.07) is 5.28. The van der Waals surface area contributed by atoms with E-state index in [1.807, 2.05) is 28.7 Å². The molecule has 0 unspecified atom stereocenters. The molecular weight excluding hydrogens is 274 g/mol. The Morgan fingerprint density at radius 1 is 1.55 bits per heavy atom. The maximum Gasteiger partial charge on any atom is 0.102 e. The maximum absolute atomic E-state index is 8.61. The summed E-state index contributed by atoms with van der Waals surface area (Å²) in [5, 5.41) is 9.02. The molecule has 0 fully saturated rings. The van der Waals surface area contributed by atoms with E-state index in [-0.39, 0.29) is 0 Å². The van der Waals surface area contributed by atoms with Crippen molar-refractivity contribution in [2.24, 2.45) is 0 Å². The zero-order valence-electron chi connectivity index (χ0n) is 5.44. The topological polar surface area (TPSA) is 49.8 Å². The highest BCUT2D eigenvalue weighted by atomic mass is 127. The molecule has 0 amide bonds. The van der Waals surface area contributed by atoms with E-state index in [4.69, 9.17) is 22.6 Å². The van der Waals surface area contributed by atoms with Crippen LogP contribution in [0.25, 0.3) is 0 Å². The van der Waals surface area contributed by atoms with Crippen molar-refractivity contribution in [3.63, 3.8) is 0 Å². The Bertz CT molecular complexity index is 307. The molecule has 1 rings (SSSR count). The van der Waals surface area contributed by atoms with Gasteiger partial charge in [-0.15, -0.1) is 0 Å². The van der Waals surface area contributed by atoms with E-state index in [1.54, 1.807) is 12.1 Å². The summed E-state index contributed by atoms with van der Waals surface area (Å²) in [7, 11) is 0. The molecule has 11 heavy (non-hydrogen) atoms. The minimum Gasteiger partial charge on any atom is -0.399 e. The molecule has 0 heterocycles. The van der Waals surface area contributed by atoms with Gasteiger partial charge in [0.05, 0.1) is 10.6 Å². The molecule has 0 bridgehead atoms. The lowest BCUT2D eigenvalue weighted by Gasteiger charge is -1.99. The Morgan fingerprint density at radius 3 is 2.64 bits per heavy atom. The minimum atomic E-state index is 0.414. The normalized spacial score (nSPS) is 9.18. The van der Waals surface area contributed by atoms with E-state index in [2.05, 4.69) is 0 Å². The van der Waals surface area contributed by atoms with E-state index in [1.165, 1.54) is 0 Å². The van der Waals surface area contributed by atoms with Crippen molar-refractivity contribution >= 4 is 39.9 Å². The predicted octanol–water partition coefficient (Wildman–Crippen LogP) is 2.40. The van der Waals surface area contributed by atoms with Crippen LogP contribution in [0.2, 0.25) is 5.02 Å². The number of rotatable bonds is 0. The van der Waals surface area contributed by atoms with Crippen LogP contribution < -0.4 is 5.73 Å². The van der Waals surface area contributed by atoms with Gasteiger partial charge in [-0.05, 0) is 34.7 Å². The predicted molar refractivity (Wildman–Crippen MR) is 53.3 cm³/mol. The van der Waals surface area contributed by atoms with Crippen molar-refractivity contribution < 1.29 is 0 Å². The average Bonchev–Trinajstić information content (AvgIpc) is 1.85. The molecule has 0 saturated heterocycles. The van der Waals surface area contributed by atoms with Gasteiger partial charge in [0.15, 0.2) is 0 Å². The molecule has 1 aromatic rings. The van der Waals surface area contributed by atoms with Crippen molar-refractivity contribution in [3.05, 3.63) is 26.3 Å². The highest BCUT2D eigenvalue weighted by molar-refractivity contribution is 14.1. The van der Waals surface area contributed by atoms with Crippen LogP contribution in [0, 0.1) is 14.9 Å². The van der Waals surface area contributed by atoms with Crippen LogP contribution in [0.4, 0.5) is 5.69 Å². The van der Waals surface area contributed by atoms with Gasteiger partial charge < -0.3 is 5.73 Å². The average molecular weight is 278 g/mol. The molecule has 1 aromatic carbocycles. The quantitative estimate of drug-likeness (QED) is 0.585. The fraction of sp³-hybridized carbons (Fsp3) is 0. The number of nitrogen functional groups attached to an aromatic ring is 1. The van der Waals surface area contributed by atoms with Crippen molar-refractivity contribution in [3.8, 4) is 6.07 Å². The van der Waals surface area contributed by atoms with E-state index in [9.17, 15) is 0 Å². The van der Waals surface area contributed by atoms with E-state index >= 15 is 0 Å². The number of benzene rings is 1. The van der Waals surface area contributed by atoms with Gasteiger partial charge in [0.25, 0.3) is 0 Å². The molecule has 2 nitrogen and oxygen atoms in total. The van der Waals surface area contributed by atoms with Crippen molar-refractivity contribution in [1.29, 1.82) is 5.26 Å². The molecule has 2 N–H and O–H groups in total. The first-order chi connectivity index (χ1) is 5.15. The number of anilines is 1. The molecule has 4 heteroatoms. The SMILES string of the molecule is N#Cc1c(Cl)cc(N)cc1I. The summed E-state index contributed by atoms with van der Waals surface area (Å²) in [5.74, 6) is 0. The summed E-state index contributed by atoms with van der Waals surface area (Å²) in [6.45, 7) is 0. The number of hydrogen-bond donors (Lipinski definition) is 1. The second-order valence-electron chi connectivity index (χ2n) is 1.97. The van der Waals surface area contributed by atoms with Gasteiger partial charge in [-0.1, -0.05) is 11.6 Å². The van der Waals surface area contributed by atoms with Gasteiger partial charge in [0.1, 0.15) is 6.07 Å². The molecule has 56 valence electrons. The van der Waals surface area contributed by atoms with Gasteiger partial charge in [-0.3, -0.25) is 0 Å². The molecule has 0 aliphatic heterocycles. The number of nitriles is 1. The Morgan fingerprint density at radius 2 is 2.18 bits per heavy atom. The van der Waals surface area contributed by atoms with Crippen molar-refractivity contribution in [2.45, 2.75) is 0 Å². The van der Waals surface area contributed by atoms with E-state index in [0.717, 1.165) is 3.57 Å². The number of halogens is 2. The summed E-state index contributed by atoms with van der Waals surface area (Å²) >= 11 is 7.75. The third-order valence-corrected chi connectivity index (χ3v) is 2.33. The smallest absolute Gasteiger partial charge is 0.102 e. The van der Waals surface area contributed by atoms with Crippen LogP contribution in [0.5, 0.6) is 0 Å². The molecule has 0 aliphatic carbocycles. The first-order valence-electron chi connectivity index (χ1n) is 2.79. The van der Waals surface area contributed by atoms with E-state index < -0.39 is 0 Å². The molecule has 0 saturated carbocycles. The summed E-state index contributed by atoms with van der Waals surface area (Å²) in [4.78, 5) is 0. The molecule has 0 aromatic heterocycles. The maximum atomic E-state index is 8.61. The van der Waals surface area contributed by atoms with Gasteiger partial charge >= 0.3 is 0 Å². The van der Waals surface area contributed by atoms with Crippen LogP contribution in [0.15, 0.2) is 12.1 Å². The van der Waals surface area contributed by atoms with Gasteiger partial charge in [0, 0.05) is 9.26 Å². The molecule has 0 spiro atoms. The fourth-order valence-electron chi connectivity index (χ4n) is 0.700. The van der Waals surface area contributed by atoms with Gasteiger partial charge in [0.2, 0.25) is 0 Å². The highest BCUT2D eigenvalue weighted by Crippen LogP contribution is 2.23. The zero-order valence-corrected chi connectivity index (χ0v) is 8.35. The largest absolute Gasteiger partial charge is 0.399 e. The Balaban J connectivity index is 3.40. The van der Waals surface area contributed by atoms with Crippen molar-refractivity contribution in [1.82, 2.24) is 0 Å². The van der Waals surface area contributed by atoms with Crippen LogP contribution in [-0.4, -0.2) is 0 Å². The Labute approximate surface area is 83.1 Å². The second kappa shape index (κ2) is 3.28. The summed E-state index contributed by atoms with van der Waals surface area (Å²) in [5.41, 5.74) is 6.55. The van der Waals surface area contributed by atoms with Crippen LogP contribution in [-0.2, 0) is 0 Å². The van der Waals surface area contributed by atoms with Crippen LogP contribution in [0.3, 0.4) is 0 Å². The first-order valence-corrected chi connectivity index (χ1v) is 4.25. The van der Waals surface area contributed by atoms with Crippen LogP contribution >= 0.6 is 34.2 Å².